The van der Waals surface area contributed by atoms with Crippen molar-refractivity contribution in [3.05, 3.63) is 34.6 Å². The van der Waals surface area contributed by atoms with Crippen LogP contribution in [0.5, 0.6) is 0 Å². The predicted octanol–water partition coefficient (Wildman–Crippen LogP) is 3.10. The molecular weight excluding hydrogens is 349 g/mol. The number of alkyl carbamates (subject to hydrolysis) is 1. The van der Waals surface area contributed by atoms with Crippen LogP contribution in [0.1, 0.15) is 26.3 Å². The Balaban J connectivity index is 0.000000688. The van der Waals surface area contributed by atoms with Crippen molar-refractivity contribution in [3.63, 3.8) is 0 Å². The lowest BCUT2D eigenvalue weighted by Crippen LogP contribution is -2.32. The van der Waals surface area contributed by atoms with Crippen LogP contribution >= 0.6 is 11.6 Å². The molecule has 0 aromatic heterocycles. The second kappa shape index (κ2) is 9.05. The molecular formula is C14H21ClFNO5S. The summed E-state index contributed by atoms with van der Waals surface area (Å²) in [4.78, 5) is 11.3. The number of amides is 1. The third-order valence-electron chi connectivity index (χ3n) is 2.06. The van der Waals surface area contributed by atoms with Crippen LogP contribution in [0, 0.1) is 5.82 Å². The van der Waals surface area contributed by atoms with E-state index < -0.39 is 27.6 Å². The molecule has 0 saturated carbocycles. The normalized spacial score (nSPS) is 11.3. The molecule has 0 aliphatic heterocycles. The van der Waals surface area contributed by atoms with E-state index in [1.54, 1.807) is 26.8 Å². The summed E-state index contributed by atoms with van der Waals surface area (Å²) in [6, 6.07) is 4.10. The van der Waals surface area contributed by atoms with Crippen molar-refractivity contribution >= 4 is 27.8 Å². The van der Waals surface area contributed by atoms with Crippen LogP contribution in [-0.4, -0.2) is 33.5 Å². The van der Waals surface area contributed by atoms with Gasteiger partial charge in [0.25, 0.3) is 10.1 Å². The molecule has 1 N–H and O–H groups in total. The summed E-state index contributed by atoms with van der Waals surface area (Å²) >= 11 is 5.69. The van der Waals surface area contributed by atoms with Crippen LogP contribution in [-0.2, 0) is 25.6 Å². The number of ether oxygens (including phenoxy) is 1. The van der Waals surface area contributed by atoms with Gasteiger partial charge in [0.05, 0.1) is 13.4 Å². The van der Waals surface area contributed by atoms with Crippen LogP contribution in [0.25, 0.3) is 0 Å². The Morgan fingerprint density at radius 2 is 1.83 bits per heavy atom. The fraction of sp³-hybridized carbons (Fsp3) is 0.500. The molecule has 0 aliphatic carbocycles. The summed E-state index contributed by atoms with van der Waals surface area (Å²) in [5.74, 6) is -0.432. The number of carbonyl (C=O) groups excluding carboxylic acids is 1. The molecule has 0 atom stereocenters. The van der Waals surface area contributed by atoms with Crippen molar-refractivity contribution in [2.24, 2.45) is 0 Å². The summed E-state index contributed by atoms with van der Waals surface area (Å²) in [6.07, 6.45) is 0.449. The van der Waals surface area contributed by atoms with Gasteiger partial charge in [-0.05, 0) is 44.5 Å². The van der Waals surface area contributed by atoms with E-state index >= 15 is 0 Å². The quantitative estimate of drug-likeness (QED) is 0.828. The monoisotopic (exact) mass is 369 g/mol. The molecule has 1 amide bonds. The molecule has 0 unspecified atom stereocenters. The molecule has 0 heterocycles. The maximum atomic E-state index is 13.0. The summed E-state index contributed by atoms with van der Waals surface area (Å²) in [5, 5.41) is 2.82. The minimum atomic E-state index is -3.16. The summed E-state index contributed by atoms with van der Waals surface area (Å²) in [7, 11) is -2.04. The molecule has 0 aliphatic rings. The van der Waals surface area contributed by atoms with Crippen molar-refractivity contribution in [3.8, 4) is 0 Å². The van der Waals surface area contributed by atoms with E-state index in [4.69, 9.17) is 16.3 Å². The predicted molar refractivity (Wildman–Crippen MR) is 86.3 cm³/mol. The van der Waals surface area contributed by atoms with Crippen LogP contribution in [0.15, 0.2) is 18.2 Å². The third-order valence-corrected chi connectivity index (χ3v) is 2.88. The zero-order valence-corrected chi connectivity index (χ0v) is 15.2. The van der Waals surface area contributed by atoms with Crippen molar-refractivity contribution < 1.29 is 26.5 Å². The van der Waals surface area contributed by atoms with Gasteiger partial charge in [0.2, 0.25) is 0 Å². The number of rotatable bonds is 3. The number of benzene rings is 1. The van der Waals surface area contributed by atoms with Gasteiger partial charge in [-0.25, -0.2) is 9.18 Å². The molecule has 1 aromatic rings. The molecule has 0 fully saturated rings. The molecule has 9 heteroatoms. The molecule has 6 nitrogen and oxygen atoms in total. The molecule has 1 rings (SSSR count). The lowest BCUT2D eigenvalue weighted by molar-refractivity contribution is 0.0523. The van der Waals surface area contributed by atoms with Gasteiger partial charge in [0.15, 0.2) is 0 Å². The highest BCUT2D eigenvalue weighted by atomic mass is 35.5. The maximum Gasteiger partial charge on any atom is 0.407 e. The number of carbonyl (C=O) groups is 1. The van der Waals surface area contributed by atoms with Gasteiger partial charge in [0, 0.05) is 11.6 Å². The molecule has 23 heavy (non-hydrogen) atoms. The molecule has 0 bridgehead atoms. The number of hydrogen-bond acceptors (Lipinski definition) is 5. The largest absolute Gasteiger partial charge is 0.444 e. The average Bonchev–Trinajstić information content (AvgIpc) is 2.33. The molecule has 0 radical (unpaired) electrons. The fourth-order valence-corrected chi connectivity index (χ4v) is 1.45. The molecule has 0 spiro atoms. The Morgan fingerprint density at radius 1 is 1.30 bits per heavy atom. The first kappa shape index (κ1) is 21.6. The molecule has 132 valence electrons. The van der Waals surface area contributed by atoms with Crippen molar-refractivity contribution in [2.45, 2.75) is 32.9 Å². The first-order chi connectivity index (χ1) is 10.3. The SMILES string of the molecule is CC(C)(C)OC(=O)NCc1cc(F)cc(Cl)c1.COS(C)(=O)=O. The van der Waals surface area contributed by atoms with E-state index in [9.17, 15) is 17.6 Å². The van der Waals surface area contributed by atoms with E-state index in [2.05, 4.69) is 9.50 Å². The Labute approximate surface area is 141 Å². The highest BCUT2D eigenvalue weighted by Crippen LogP contribution is 2.14. The number of nitrogens with one attached hydrogen (secondary N) is 1. The number of halogens is 2. The Bertz CT molecular complexity index is 608. The minimum absolute atomic E-state index is 0.173. The molecule has 1 aromatic carbocycles. The standard InChI is InChI=1S/C12H15ClFNO2.C2H6O3S/c1-12(2,3)17-11(16)15-7-8-4-9(13)6-10(14)5-8;1-5-6(2,3)4/h4-6H,7H2,1-3H3,(H,15,16);1-2H3. The second-order valence-electron chi connectivity index (χ2n) is 5.50. The smallest absolute Gasteiger partial charge is 0.407 e. The van der Waals surface area contributed by atoms with Gasteiger partial charge in [-0.3, -0.25) is 4.18 Å². The van der Waals surface area contributed by atoms with Crippen molar-refractivity contribution in [2.75, 3.05) is 13.4 Å². The second-order valence-corrected chi connectivity index (χ2v) is 7.68. The van der Waals surface area contributed by atoms with E-state index in [1.807, 2.05) is 0 Å². The van der Waals surface area contributed by atoms with E-state index in [1.165, 1.54) is 12.1 Å². The third kappa shape index (κ3) is 12.8. The van der Waals surface area contributed by atoms with Gasteiger partial charge < -0.3 is 10.1 Å². The van der Waals surface area contributed by atoms with Crippen molar-refractivity contribution in [1.82, 2.24) is 5.32 Å². The highest BCUT2D eigenvalue weighted by molar-refractivity contribution is 7.85. The summed E-state index contributed by atoms with van der Waals surface area (Å²) in [5.41, 5.74) is 0.0322. The number of hydrogen-bond donors (Lipinski definition) is 1. The van der Waals surface area contributed by atoms with E-state index in [-0.39, 0.29) is 6.54 Å². The van der Waals surface area contributed by atoms with Gasteiger partial charge in [0.1, 0.15) is 11.4 Å². The van der Waals surface area contributed by atoms with Crippen LogP contribution in [0.3, 0.4) is 0 Å². The van der Waals surface area contributed by atoms with Crippen LogP contribution < -0.4 is 5.32 Å². The average molecular weight is 370 g/mol. The van der Waals surface area contributed by atoms with Crippen LogP contribution in [0.2, 0.25) is 5.02 Å². The van der Waals surface area contributed by atoms with Gasteiger partial charge in [-0.1, -0.05) is 11.6 Å². The zero-order valence-electron chi connectivity index (χ0n) is 13.6. The summed E-state index contributed by atoms with van der Waals surface area (Å²) in [6.45, 7) is 5.48. The van der Waals surface area contributed by atoms with Gasteiger partial charge in [-0.2, -0.15) is 8.42 Å². The summed E-state index contributed by atoms with van der Waals surface area (Å²) < 4.78 is 41.5. The Morgan fingerprint density at radius 3 is 2.22 bits per heavy atom. The minimum Gasteiger partial charge on any atom is -0.444 e. The maximum absolute atomic E-state index is 13.0. The lowest BCUT2D eigenvalue weighted by atomic mass is 10.2. The van der Waals surface area contributed by atoms with Gasteiger partial charge >= 0.3 is 6.09 Å². The van der Waals surface area contributed by atoms with E-state index in [0.717, 1.165) is 13.4 Å². The topological polar surface area (TPSA) is 81.7 Å². The van der Waals surface area contributed by atoms with E-state index in [0.29, 0.717) is 10.6 Å². The Kier molecular flexibility index (Phi) is 8.50. The lowest BCUT2D eigenvalue weighted by Gasteiger charge is -2.19. The first-order valence-corrected chi connectivity index (χ1v) is 8.69. The zero-order chi connectivity index (χ0) is 18.3. The van der Waals surface area contributed by atoms with Crippen molar-refractivity contribution in [1.29, 1.82) is 0 Å². The molecule has 0 saturated heterocycles. The highest BCUT2D eigenvalue weighted by Gasteiger charge is 2.15. The Hall–Kier alpha value is -1.38. The van der Waals surface area contributed by atoms with Crippen LogP contribution in [0.4, 0.5) is 9.18 Å². The first-order valence-electron chi connectivity index (χ1n) is 6.50. The fourth-order valence-electron chi connectivity index (χ4n) is 1.20. The van der Waals surface area contributed by atoms with Gasteiger partial charge in [-0.15, -0.1) is 0 Å².